The van der Waals surface area contributed by atoms with Crippen LogP contribution in [0.15, 0.2) is 0 Å². The van der Waals surface area contributed by atoms with Gasteiger partial charge in [0.05, 0.1) is 6.42 Å². The summed E-state index contributed by atoms with van der Waals surface area (Å²) in [6.45, 7) is 7.88. The highest BCUT2D eigenvalue weighted by Crippen LogP contribution is 2.37. The summed E-state index contributed by atoms with van der Waals surface area (Å²) in [4.78, 5) is 24.7. The summed E-state index contributed by atoms with van der Waals surface area (Å²) in [6, 6.07) is -0.386. The van der Waals surface area contributed by atoms with Crippen LogP contribution in [0, 0.1) is 5.41 Å². The van der Waals surface area contributed by atoms with Crippen LogP contribution >= 0.6 is 0 Å². The molecule has 20 heavy (non-hydrogen) atoms. The highest BCUT2D eigenvalue weighted by Gasteiger charge is 2.33. The first-order valence-electron chi connectivity index (χ1n) is 7.73. The number of hydrogen-bond donors (Lipinski definition) is 2. The Hall–Kier alpha value is -1.26. The maximum Gasteiger partial charge on any atom is 0.317 e. The average molecular weight is 284 g/mol. The standard InChI is InChI=1S/C15H28N2O3/c1-4-12(11-13(18)19)16-14(20)17-9-7-15(5-2,6-3)8-10-17/h12H,4-11H2,1-3H3,(H,16,20)(H,18,19). The lowest BCUT2D eigenvalue weighted by Gasteiger charge is -2.41. The fourth-order valence-corrected chi connectivity index (χ4v) is 2.92. The van der Waals surface area contributed by atoms with Crippen molar-refractivity contribution in [2.45, 2.75) is 65.3 Å². The van der Waals surface area contributed by atoms with Gasteiger partial charge in [0.1, 0.15) is 0 Å². The summed E-state index contributed by atoms with van der Waals surface area (Å²) in [5.74, 6) is -0.869. The average Bonchev–Trinajstić information content (AvgIpc) is 2.46. The lowest BCUT2D eigenvalue weighted by atomic mass is 9.74. The molecule has 0 aromatic rings. The summed E-state index contributed by atoms with van der Waals surface area (Å²) in [7, 11) is 0. The van der Waals surface area contributed by atoms with E-state index in [1.807, 2.05) is 11.8 Å². The number of urea groups is 1. The molecular formula is C15H28N2O3. The van der Waals surface area contributed by atoms with Crippen LogP contribution in [0.4, 0.5) is 4.79 Å². The van der Waals surface area contributed by atoms with Crippen molar-refractivity contribution in [2.24, 2.45) is 5.41 Å². The second-order valence-electron chi connectivity index (χ2n) is 5.85. The number of amides is 2. The number of carbonyl (C=O) groups is 2. The quantitative estimate of drug-likeness (QED) is 0.788. The number of hydrogen-bond acceptors (Lipinski definition) is 2. The van der Waals surface area contributed by atoms with Gasteiger partial charge < -0.3 is 15.3 Å². The van der Waals surface area contributed by atoms with Crippen LogP contribution in [0.3, 0.4) is 0 Å². The van der Waals surface area contributed by atoms with E-state index in [-0.39, 0.29) is 18.5 Å². The summed E-state index contributed by atoms with van der Waals surface area (Å²) < 4.78 is 0. The number of nitrogens with one attached hydrogen (secondary N) is 1. The van der Waals surface area contributed by atoms with Crippen molar-refractivity contribution in [1.29, 1.82) is 0 Å². The molecule has 1 heterocycles. The Morgan fingerprint density at radius 3 is 2.15 bits per heavy atom. The molecule has 2 amide bonds. The zero-order valence-corrected chi connectivity index (χ0v) is 12.9. The van der Waals surface area contributed by atoms with Crippen LogP contribution in [0.1, 0.15) is 59.3 Å². The van der Waals surface area contributed by atoms with Gasteiger partial charge in [0.25, 0.3) is 0 Å². The molecule has 1 aliphatic heterocycles. The van der Waals surface area contributed by atoms with Crippen LogP contribution in [0.5, 0.6) is 0 Å². The first kappa shape index (κ1) is 16.8. The monoisotopic (exact) mass is 284 g/mol. The Kier molecular flexibility index (Phi) is 6.30. The van der Waals surface area contributed by atoms with Gasteiger partial charge in [-0.15, -0.1) is 0 Å². The molecule has 5 heteroatoms. The van der Waals surface area contributed by atoms with Gasteiger partial charge in [-0.05, 0) is 24.7 Å². The molecule has 1 fully saturated rings. The zero-order valence-electron chi connectivity index (χ0n) is 12.9. The van der Waals surface area contributed by atoms with Crippen molar-refractivity contribution in [2.75, 3.05) is 13.1 Å². The Balaban J connectivity index is 2.48. The fourth-order valence-electron chi connectivity index (χ4n) is 2.92. The topological polar surface area (TPSA) is 69.6 Å². The van der Waals surface area contributed by atoms with E-state index >= 15 is 0 Å². The minimum atomic E-state index is -0.869. The largest absolute Gasteiger partial charge is 0.481 e. The van der Waals surface area contributed by atoms with Crippen LogP contribution in [0.25, 0.3) is 0 Å². The zero-order chi connectivity index (χ0) is 15.2. The molecule has 0 saturated carbocycles. The molecule has 0 aromatic carbocycles. The number of piperidine rings is 1. The van der Waals surface area contributed by atoms with Gasteiger partial charge in [-0.2, -0.15) is 0 Å². The number of carbonyl (C=O) groups excluding carboxylic acids is 1. The first-order valence-corrected chi connectivity index (χ1v) is 7.73. The van der Waals surface area contributed by atoms with Crippen molar-refractivity contribution in [1.82, 2.24) is 10.2 Å². The van der Waals surface area contributed by atoms with Crippen LogP contribution in [-0.2, 0) is 4.79 Å². The number of carboxylic acid groups (broad SMARTS) is 1. The highest BCUT2D eigenvalue weighted by atomic mass is 16.4. The summed E-state index contributed by atoms with van der Waals surface area (Å²) in [6.07, 6.45) is 5.04. The maximum absolute atomic E-state index is 12.2. The van der Waals surface area contributed by atoms with E-state index in [1.165, 1.54) is 0 Å². The number of rotatable bonds is 6. The highest BCUT2D eigenvalue weighted by molar-refractivity contribution is 5.76. The molecule has 1 rings (SSSR count). The molecular weight excluding hydrogens is 256 g/mol. The lowest BCUT2D eigenvalue weighted by molar-refractivity contribution is -0.137. The van der Waals surface area contributed by atoms with Gasteiger partial charge in [0.15, 0.2) is 0 Å². The summed E-state index contributed by atoms with van der Waals surface area (Å²) >= 11 is 0. The molecule has 5 nitrogen and oxygen atoms in total. The van der Waals surface area contributed by atoms with Gasteiger partial charge in [-0.3, -0.25) is 4.79 Å². The molecule has 116 valence electrons. The van der Waals surface area contributed by atoms with Crippen LogP contribution in [-0.4, -0.2) is 41.1 Å². The predicted molar refractivity (Wildman–Crippen MR) is 78.7 cm³/mol. The number of nitrogens with zero attached hydrogens (tertiary/aromatic N) is 1. The van der Waals surface area contributed by atoms with Crippen LogP contribution < -0.4 is 5.32 Å². The van der Waals surface area contributed by atoms with E-state index in [2.05, 4.69) is 19.2 Å². The lowest BCUT2D eigenvalue weighted by Crippen LogP contribution is -2.50. The molecule has 0 aliphatic carbocycles. The van der Waals surface area contributed by atoms with E-state index < -0.39 is 5.97 Å². The minimum absolute atomic E-state index is 0.00998. The minimum Gasteiger partial charge on any atom is -0.481 e. The smallest absolute Gasteiger partial charge is 0.317 e. The molecule has 1 atom stereocenters. The van der Waals surface area contributed by atoms with Crippen molar-refractivity contribution < 1.29 is 14.7 Å². The van der Waals surface area contributed by atoms with E-state index in [1.54, 1.807) is 0 Å². The Morgan fingerprint density at radius 1 is 1.20 bits per heavy atom. The van der Waals surface area contributed by atoms with Crippen molar-refractivity contribution in [3.8, 4) is 0 Å². The molecule has 1 unspecified atom stereocenters. The van der Waals surface area contributed by atoms with Crippen molar-refractivity contribution in [3.05, 3.63) is 0 Å². The van der Waals surface area contributed by atoms with Gasteiger partial charge in [-0.25, -0.2) is 4.79 Å². The summed E-state index contributed by atoms with van der Waals surface area (Å²) in [5.41, 5.74) is 0.391. The Morgan fingerprint density at radius 2 is 1.75 bits per heavy atom. The van der Waals surface area contributed by atoms with Gasteiger partial charge in [-0.1, -0.05) is 33.6 Å². The molecule has 0 aromatic heterocycles. The molecule has 0 radical (unpaired) electrons. The fraction of sp³-hybridized carbons (Fsp3) is 0.867. The van der Waals surface area contributed by atoms with E-state index in [4.69, 9.17) is 5.11 Å². The van der Waals surface area contributed by atoms with E-state index in [0.717, 1.165) is 38.8 Å². The second kappa shape index (κ2) is 7.50. The Labute approximate surface area is 121 Å². The third-order valence-electron chi connectivity index (χ3n) is 4.85. The third-order valence-corrected chi connectivity index (χ3v) is 4.85. The van der Waals surface area contributed by atoms with Crippen molar-refractivity contribution >= 4 is 12.0 Å². The molecule has 1 aliphatic rings. The van der Waals surface area contributed by atoms with Gasteiger partial charge >= 0.3 is 12.0 Å². The normalized spacial score (nSPS) is 19.4. The van der Waals surface area contributed by atoms with E-state index in [0.29, 0.717) is 11.8 Å². The SMILES string of the molecule is CCC(CC(=O)O)NC(=O)N1CCC(CC)(CC)CC1. The van der Waals surface area contributed by atoms with Crippen LogP contribution in [0.2, 0.25) is 0 Å². The maximum atomic E-state index is 12.2. The second-order valence-corrected chi connectivity index (χ2v) is 5.85. The van der Waals surface area contributed by atoms with Gasteiger partial charge in [0, 0.05) is 19.1 Å². The van der Waals surface area contributed by atoms with E-state index in [9.17, 15) is 9.59 Å². The molecule has 0 bridgehead atoms. The Bertz CT molecular complexity index is 330. The van der Waals surface area contributed by atoms with Crippen molar-refractivity contribution in [3.63, 3.8) is 0 Å². The molecule has 0 spiro atoms. The first-order chi connectivity index (χ1) is 9.46. The van der Waals surface area contributed by atoms with Gasteiger partial charge in [0.2, 0.25) is 0 Å². The molecule has 2 N–H and O–H groups in total. The number of aliphatic carboxylic acids is 1. The summed E-state index contributed by atoms with van der Waals surface area (Å²) in [5, 5.41) is 11.6. The number of carboxylic acids is 1. The number of likely N-dealkylation sites (tertiary alicyclic amines) is 1. The predicted octanol–water partition coefficient (Wildman–Crippen LogP) is 2.85. The molecule has 1 saturated heterocycles. The third kappa shape index (κ3) is 4.39.